The van der Waals surface area contributed by atoms with Crippen molar-refractivity contribution in [1.82, 2.24) is 5.32 Å². The Morgan fingerprint density at radius 1 is 0.417 bits per heavy atom. The molecule has 1 amide bonds. The first-order chi connectivity index (χ1) is 23.7. The van der Waals surface area contributed by atoms with E-state index in [9.17, 15) is 15.0 Å². The van der Waals surface area contributed by atoms with Crippen molar-refractivity contribution in [3.8, 4) is 0 Å². The van der Waals surface area contributed by atoms with E-state index in [0.29, 0.717) is 12.8 Å². The number of aliphatic hydroxyl groups is 2. The smallest absolute Gasteiger partial charge is 0.220 e. The van der Waals surface area contributed by atoms with Crippen LogP contribution in [-0.4, -0.2) is 34.9 Å². The van der Waals surface area contributed by atoms with Gasteiger partial charge in [0.15, 0.2) is 0 Å². The van der Waals surface area contributed by atoms with Crippen molar-refractivity contribution in [2.24, 2.45) is 0 Å². The fraction of sp³-hybridized carbons (Fsp3) is 0.977. The molecule has 0 aliphatic rings. The van der Waals surface area contributed by atoms with Crippen LogP contribution in [0.1, 0.15) is 258 Å². The molecule has 0 aromatic rings. The van der Waals surface area contributed by atoms with Crippen molar-refractivity contribution in [3.63, 3.8) is 0 Å². The molecule has 48 heavy (non-hydrogen) atoms. The summed E-state index contributed by atoms with van der Waals surface area (Å²) in [5, 5.41) is 23.1. The molecule has 0 bridgehead atoms. The Bertz CT molecular complexity index is 612. The van der Waals surface area contributed by atoms with Gasteiger partial charge in [0.1, 0.15) is 0 Å². The molecular formula is C44H89NO3. The van der Waals surface area contributed by atoms with E-state index in [-0.39, 0.29) is 12.5 Å². The number of unbranched alkanes of at least 4 members (excludes halogenated alkanes) is 34. The van der Waals surface area contributed by atoms with Gasteiger partial charge < -0.3 is 15.5 Å². The van der Waals surface area contributed by atoms with E-state index in [1.54, 1.807) is 0 Å². The Kier molecular flexibility index (Phi) is 40.3. The molecular weight excluding hydrogens is 590 g/mol. The van der Waals surface area contributed by atoms with Crippen LogP contribution >= 0.6 is 0 Å². The summed E-state index contributed by atoms with van der Waals surface area (Å²) in [5.41, 5.74) is 0. The Labute approximate surface area is 302 Å². The Balaban J connectivity index is 3.42. The van der Waals surface area contributed by atoms with E-state index in [1.165, 1.54) is 205 Å². The van der Waals surface area contributed by atoms with E-state index in [2.05, 4.69) is 19.2 Å². The van der Waals surface area contributed by atoms with Crippen molar-refractivity contribution in [2.75, 3.05) is 6.61 Å². The van der Waals surface area contributed by atoms with Crippen LogP contribution < -0.4 is 5.32 Å². The van der Waals surface area contributed by atoms with E-state index < -0.39 is 12.1 Å². The fourth-order valence-electron chi connectivity index (χ4n) is 7.19. The van der Waals surface area contributed by atoms with Crippen LogP contribution in [-0.2, 0) is 4.79 Å². The third-order valence-corrected chi connectivity index (χ3v) is 10.6. The average molecular weight is 680 g/mol. The van der Waals surface area contributed by atoms with Gasteiger partial charge in [0, 0.05) is 6.42 Å². The minimum atomic E-state index is -0.652. The van der Waals surface area contributed by atoms with Crippen LogP contribution in [0.2, 0.25) is 0 Å². The average Bonchev–Trinajstić information content (AvgIpc) is 3.09. The molecule has 0 fully saturated rings. The second-order valence-corrected chi connectivity index (χ2v) is 15.5. The lowest BCUT2D eigenvalue weighted by Gasteiger charge is -2.22. The first-order valence-corrected chi connectivity index (χ1v) is 22.2. The number of carbonyl (C=O) groups excluding carboxylic acids is 1. The maximum atomic E-state index is 12.3. The van der Waals surface area contributed by atoms with Gasteiger partial charge >= 0.3 is 0 Å². The summed E-state index contributed by atoms with van der Waals surface area (Å²) in [7, 11) is 0. The highest BCUT2D eigenvalue weighted by atomic mass is 16.3. The molecule has 0 aromatic carbocycles. The minimum Gasteiger partial charge on any atom is -0.394 e. The third kappa shape index (κ3) is 36.7. The van der Waals surface area contributed by atoms with Crippen LogP contribution in [0.3, 0.4) is 0 Å². The summed E-state index contributed by atoms with van der Waals surface area (Å²) >= 11 is 0. The molecule has 0 spiro atoms. The van der Waals surface area contributed by atoms with E-state index >= 15 is 0 Å². The second kappa shape index (κ2) is 40.8. The second-order valence-electron chi connectivity index (χ2n) is 15.5. The predicted octanol–water partition coefficient (Wildman–Crippen LogP) is 13.7. The molecule has 0 aliphatic heterocycles. The largest absolute Gasteiger partial charge is 0.394 e. The van der Waals surface area contributed by atoms with Crippen LogP contribution in [0.4, 0.5) is 0 Å². The lowest BCUT2D eigenvalue weighted by Crippen LogP contribution is -2.45. The van der Waals surface area contributed by atoms with Gasteiger partial charge in [-0.2, -0.15) is 0 Å². The van der Waals surface area contributed by atoms with Crippen molar-refractivity contribution in [3.05, 3.63) is 0 Å². The Hall–Kier alpha value is -0.610. The molecule has 288 valence electrons. The van der Waals surface area contributed by atoms with E-state index in [1.807, 2.05) is 0 Å². The maximum absolute atomic E-state index is 12.3. The standard InChI is InChI=1S/C44H89NO3/c1-3-5-7-9-11-13-15-17-18-19-20-21-22-23-24-25-26-27-28-29-31-33-35-37-39-43(47)42(41-46)45-44(48)40-38-36-34-32-30-16-14-12-10-8-6-4-2/h42-43,46-47H,3-41H2,1-2H3,(H,45,48). The van der Waals surface area contributed by atoms with Crippen molar-refractivity contribution in [2.45, 2.75) is 270 Å². The van der Waals surface area contributed by atoms with Gasteiger partial charge in [0.05, 0.1) is 18.8 Å². The molecule has 0 saturated carbocycles. The van der Waals surface area contributed by atoms with Gasteiger partial charge in [-0.05, 0) is 12.8 Å². The highest BCUT2D eigenvalue weighted by Crippen LogP contribution is 2.17. The monoisotopic (exact) mass is 680 g/mol. The summed E-state index contributed by atoms with van der Waals surface area (Å²) in [4.78, 5) is 12.3. The topological polar surface area (TPSA) is 69.6 Å². The highest BCUT2D eigenvalue weighted by Gasteiger charge is 2.20. The van der Waals surface area contributed by atoms with Crippen LogP contribution in [0.15, 0.2) is 0 Å². The number of aliphatic hydroxyl groups excluding tert-OH is 2. The van der Waals surface area contributed by atoms with Gasteiger partial charge in [-0.25, -0.2) is 0 Å². The summed E-state index contributed by atoms with van der Waals surface area (Å²) in [6.07, 6.45) is 49.0. The number of hydrogen-bond donors (Lipinski definition) is 3. The Morgan fingerprint density at radius 2 is 0.667 bits per heavy atom. The third-order valence-electron chi connectivity index (χ3n) is 10.6. The number of nitrogens with one attached hydrogen (secondary N) is 1. The van der Waals surface area contributed by atoms with Crippen LogP contribution in [0, 0.1) is 0 Å². The normalized spacial score (nSPS) is 12.8. The molecule has 3 N–H and O–H groups in total. The molecule has 0 aromatic heterocycles. The lowest BCUT2D eigenvalue weighted by atomic mass is 10.0. The van der Waals surface area contributed by atoms with Crippen molar-refractivity contribution in [1.29, 1.82) is 0 Å². The van der Waals surface area contributed by atoms with E-state index in [4.69, 9.17) is 0 Å². The zero-order valence-corrected chi connectivity index (χ0v) is 33.0. The quantitative estimate of drug-likeness (QED) is 0.0563. The first kappa shape index (κ1) is 47.4. The zero-order chi connectivity index (χ0) is 35.0. The van der Waals surface area contributed by atoms with Crippen molar-refractivity contribution >= 4 is 5.91 Å². The molecule has 0 rings (SSSR count). The number of hydrogen-bond acceptors (Lipinski definition) is 3. The van der Waals surface area contributed by atoms with Gasteiger partial charge in [0.2, 0.25) is 5.91 Å². The molecule has 2 unspecified atom stereocenters. The van der Waals surface area contributed by atoms with Gasteiger partial charge in [-0.3, -0.25) is 4.79 Å². The summed E-state index contributed by atoms with van der Waals surface area (Å²) in [6.45, 7) is 4.37. The van der Waals surface area contributed by atoms with E-state index in [0.717, 1.165) is 25.7 Å². The van der Waals surface area contributed by atoms with Crippen molar-refractivity contribution < 1.29 is 15.0 Å². The summed E-state index contributed by atoms with van der Waals surface area (Å²) in [5.74, 6) is -0.0280. The number of amides is 1. The summed E-state index contributed by atoms with van der Waals surface area (Å²) < 4.78 is 0. The molecule has 4 nitrogen and oxygen atoms in total. The van der Waals surface area contributed by atoms with Gasteiger partial charge in [0.25, 0.3) is 0 Å². The Morgan fingerprint density at radius 3 is 0.938 bits per heavy atom. The van der Waals surface area contributed by atoms with Crippen LogP contribution in [0.5, 0.6) is 0 Å². The van der Waals surface area contributed by atoms with Gasteiger partial charge in [-0.15, -0.1) is 0 Å². The molecule has 0 saturated heterocycles. The SMILES string of the molecule is CCCCCCCCCCCCCCCCCCCCCCCCCCC(O)C(CO)NC(=O)CCCCCCCCCCCCCC. The highest BCUT2D eigenvalue weighted by molar-refractivity contribution is 5.76. The van der Waals surface area contributed by atoms with Gasteiger partial charge in [-0.1, -0.05) is 239 Å². The summed E-state index contributed by atoms with van der Waals surface area (Å²) in [6, 6.07) is -0.528. The predicted molar refractivity (Wildman–Crippen MR) is 212 cm³/mol. The van der Waals surface area contributed by atoms with Crippen LogP contribution in [0.25, 0.3) is 0 Å². The fourth-order valence-corrected chi connectivity index (χ4v) is 7.19. The molecule has 2 atom stereocenters. The maximum Gasteiger partial charge on any atom is 0.220 e. The number of rotatable bonds is 41. The minimum absolute atomic E-state index is 0.0280. The molecule has 0 aliphatic carbocycles. The molecule has 0 heterocycles. The zero-order valence-electron chi connectivity index (χ0n) is 33.0. The molecule has 0 radical (unpaired) electrons. The first-order valence-electron chi connectivity index (χ1n) is 22.2. The lowest BCUT2D eigenvalue weighted by molar-refractivity contribution is -0.123. The molecule has 4 heteroatoms. The number of carbonyl (C=O) groups is 1.